The van der Waals surface area contributed by atoms with Crippen molar-refractivity contribution in [1.82, 2.24) is 14.5 Å². The van der Waals surface area contributed by atoms with E-state index in [9.17, 15) is 15.2 Å². The quantitative estimate of drug-likeness (QED) is 0.492. The first-order valence-electron chi connectivity index (χ1n) is 9.04. The van der Waals surface area contributed by atoms with Crippen molar-refractivity contribution in [2.24, 2.45) is 0 Å². The number of nitriles is 1. The molecule has 0 aliphatic heterocycles. The van der Waals surface area contributed by atoms with Crippen molar-refractivity contribution in [2.75, 3.05) is 0 Å². The topological polar surface area (TPSA) is 91.8 Å². The van der Waals surface area contributed by atoms with Crippen molar-refractivity contribution in [3.05, 3.63) is 98.8 Å². The number of rotatable bonds is 3. The Hall–Kier alpha value is -3.95. The molecular formula is C23H15ClN4O2. The van der Waals surface area contributed by atoms with Crippen molar-refractivity contribution in [3.8, 4) is 11.8 Å². The highest BCUT2D eigenvalue weighted by Crippen LogP contribution is 2.22. The van der Waals surface area contributed by atoms with Crippen LogP contribution in [0.15, 0.2) is 65.6 Å². The summed E-state index contributed by atoms with van der Waals surface area (Å²) >= 11 is 6.09. The van der Waals surface area contributed by atoms with Gasteiger partial charge in [-0.1, -0.05) is 29.8 Å². The second kappa shape index (κ2) is 7.82. The number of aliphatic hydroxyl groups is 1. The van der Waals surface area contributed by atoms with Crippen molar-refractivity contribution in [1.29, 1.82) is 5.26 Å². The third-order valence-corrected chi connectivity index (χ3v) is 4.88. The van der Waals surface area contributed by atoms with E-state index < -0.39 is 0 Å². The summed E-state index contributed by atoms with van der Waals surface area (Å²) in [6.45, 7) is 1.88. The fourth-order valence-corrected chi connectivity index (χ4v) is 3.38. The number of aryl methyl sites for hydroxylation is 1. The highest BCUT2D eigenvalue weighted by molar-refractivity contribution is 6.31. The molecule has 0 aliphatic rings. The van der Waals surface area contributed by atoms with Gasteiger partial charge in [0.25, 0.3) is 5.56 Å². The highest BCUT2D eigenvalue weighted by Gasteiger charge is 2.16. The van der Waals surface area contributed by atoms with E-state index in [0.29, 0.717) is 21.6 Å². The van der Waals surface area contributed by atoms with Crippen molar-refractivity contribution < 1.29 is 5.11 Å². The molecule has 2 heterocycles. The Bertz CT molecular complexity index is 1420. The first kappa shape index (κ1) is 19.4. The van der Waals surface area contributed by atoms with Gasteiger partial charge >= 0.3 is 0 Å². The number of nitrogens with zero attached hydrogens (tertiary/aromatic N) is 4. The molecule has 0 bridgehead atoms. The number of para-hydroxylation sites is 1. The van der Waals surface area contributed by atoms with Gasteiger partial charge in [-0.2, -0.15) is 5.26 Å². The lowest BCUT2D eigenvalue weighted by Crippen LogP contribution is -2.23. The summed E-state index contributed by atoms with van der Waals surface area (Å²) in [4.78, 5) is 22.0. The molecule has 0 atom stereocenters. The van der Waals surface area contributed by atoms with E-state index in [1.807, 2.05) is 31.2 Å². The molecule has 4 aromatic rings. The summed E-state index contributed by atoms with van der Waals surface area (Å²) < 4.78 is 1.42. The molecule has 2 aromatic heterocycles. The fraction of sp³-hybridized carbons (Fsp3) is 0.0435. The SMILES string of the molecule is Cc1ccccc1-n1c(C=C(O)c2ncccc2C#N)nc2ccc(Cl)cc2c1=O. The van der Waals surface area contributed by atoms with Gasteiger partial charge in [0.2, 0.25) is 0 Å². The molecule has 4 rings (SSSR count). The van der Waals surface area contributed by atoms with E-state index in [1.54, 1.807) is 36.4 Å². The zero-order chi connectivity index (χ0) is 21.3. The van der Waals surface area contributed by atoms with Gasteiger partial charge in [0.15, 0.2) is 0 Å². The van der Waals surface area contributed by atoms with Gasteiger partial charge in [-0.3, -0.25) is 14.3 Å². The zero-order valence-corrected chi connectivity index (χ0v) is 16.6. The van der Waals surface area contributed by atoms with Crippen LogP contribution in [0.25, 0.3) is 28.4 Å². The van der Waals surface area contributed by atoms with Crippen LogP contribution < -0.4 is 5.56 Å². The Kier molecular flexibility index (Phi) is 5.05. The summed E-state index contributed by atoms with van der Waals surface area (Å²) in [6, 6.07) is 17.4. The number of hydrogen-bond acceptors (Lipinski definition) is 5. The second-order valence-electron chi connectivity index (χ2n) is 6.60. The minimum Gasteiger partial charge on any atom is -0.505 e. The summed E-state index contributed by atoms with van der Waals surface area (Å²) in [6.07, 6.45) is 2.82. The number of aromatic nitrogens is 3. The molecule has 6 nitrogen and oxygen atoms in total. The molecule has 146 valence electrons. The Morgan fingerprint density at radius 2 is 2.00 bits per heavy atom. The standard InChI is InChI=1S/C23H15ClN4O2/c1-14-5-2-3-7-19(14)28-21(12-20(29)22-15(13-25)6-4-10-26-22)27-18-9-8-16(24)11-17(18)23(28)30/h2-12,29H,1H3. The lowest BCUT2D eigenvalue weighted by molar-refractivity contribution is 0.511. The van der Waals surface area contributed by atoms with Crippen LogP contribution in [0.5, 0.6) is 0 Å². The lowest BCUT2D eigenvalue weighted by Gasteiger charge is -2.14. The molecule has 30 heavy (non-hydrogen) atoms. The van der Waals surface area contributed by atoms with Gasteiger partial charge in [0.1, 0.15) is 23.3 Å². The first-order chi connectivity index (χ1) is 14.5. The number of hydrogen-bond donors (Lipinski definition) is 1. The maximum absolute atomic E-state index is 13.4. The first-order valence-corrected chi connectivity index (χ1v) is 9.42. The molecule has 0 amide bonds. The maximum atomic E-state index is 13.4. The monoisotopic (exact) mass is 414 g/mol. The summed E-state index contributed by atoms with van der Waals surface area (Å²) in [5, 5.41) is 20.8. The van der Waals surface area contributed by atoms with E-state index >= 15 is 0 Å². The number of pyridine rings is 1. The van der Waals surface area contributed by atoms with Gasteiger partial charge in [-0.25, -0.2) is 4.98 Å². The number of benzene rings is 2. The van der Waals surface area contributed by atoms with Crippen molar-refractivity contribution in [3.63, 3.8) is 0 Å². The molecule has 0 spiro atoms. The Labute approximate surface area is 177 Å². The molecule has 0 aliphatic carbocycles. The van der Waals surface area contributed by atoms with Crippen LogP contribution in [0.1, 0.15) is 22.6 Å². The summed E-state index contributed by atoms with van der Waals surface area (Å²) in [5.74, 6) is -0.0640. The summed E-state index contributed by atoms with van der Waals surface area (Å²) in [5.41, 5.74) is 1.92. The molecule has 0 fully saturated rings. The van der Waals surface area contributed by atoms with E-state index in [4.69, 9.17) is 11.6 Å². The lowest BCUT2D eigenvalue weighted by atomic mass is 10.1. The largest absolute Gasteiger partial charge is 0.505 e. The van der Waals surface area contributed by atoms with Crippen LogP contribution in [0.3, 0.4) is 0 Å². The van der Waals surface area contributed by atoms with Crippen LogP contribution in [-0.4, -0.2) is 19.6 Å². The van der Waals surface area contributed by atoms with Gasteiger partial charge in [0.05, 0.1) is 22.2 Å². The predicted octanol–water partition coefficient (Wildman–Crippen LogP) is 4.67. The van der Waals surface area contributed by atoms with Crippen molar-refractivity contribution >= 4 is 34.3 Å². The van der Waals surface area contributed by atoms with Crippen LogP contribution >= 0.6 is 11.6 Å². The number of fused-ring (bicyclic) bond motifs is 1. The Morgan fingerprint density at radius 3 is 2.77 bits per heavy atom. The zero-order valence-electron chi connectivity index (χ0n) is 15.9. The molecule has 0 saturated carbocycles. The molecule has 7 heteroatoms. The maximum Gasteiger partial charge on any atom is 0.266 e. The fourth-order valence-electron chi connectivity index (χ4n) is 3.21. The average Bonchev–Trinajstić information content (AvgIpc) is 2.75. The molecular weight excluding hydrogens is 400 g/mol. The predicted molar refractivity (Wildman–Crippen MR) is 117 cm³/mol. The molecule has 2 aromatic carbocycles. The van der Waals surface area contributed by atoms with Crippen LogP contribution in [-0.2, 0) is 0 Å². The van der Waals surface area contributed by atoms with E-state index in [2.05, 4.69) is 9.97 Å². The number of aliphatic hydroxyl groups excluding tert-OH is 1. The minimum absolute atomic E-state index is 0.113. The molecule has 0 unspecified atom stereocenters. The second-order valence-corrected chi connectivity index (χ2v) is 7.04. The highest BCUT2D eigenvalue weighted by atomic mass is 35.5. The van der Waals surface area contributed by atoms with E-state index in [1.165, 1.54) is 16.8 Å². The minimum atomic E-state index is -0.322. The van der Waals surface area contributed by atoms with Crippen LogP contribution in [0.4, 0.5) is 0 Å². The van der Waals surface area contributed by atoms with Crippen LogP contribution in [0, 0.1) is 18.3 Å². The van der Waals surface area contributed by atoms with Gasteiger partial charge in [-0.05, 0) is 48.9 Å². The van der Waals surface area contributed by atoms with Gasteiger partial charge < -0.3 is 5.11 Å². The smallest absolute Gasteiger partial charge is 0.266 e. The van der Waals surface area contributed by atoms with Crippen LogP contribution in [0.2, 0.25) is 5.02 Å². The average molecular weight is 415 g/mol. The number of halogens is 1. The molecule has 0 radical (unpaired) electrons. The third-order valence-electron chi connectivity index (χ3n) is 4.65. The Morgan fingerprint density at radius 1 is 1.20 bits per heavy atom. The van der Waals surface area contributed by atoms with E-state index in [-0.39, 0.29) is 28.4 Å². The molecule has 0 saturated heterocycles. The van der Waals surface area contributed by atoms with E-state index in [0.717, 1.165) is 5.56 Å². The van der Waals surface area contributed by atoms with Crippen molar-refractivity contribution in [2.45, 2.75) is 6.92 Å². The normalized spacial score (nSPS) is 11.4. The Balaban J connectivity index is 2.05. The molecule has 1 N–H and O–H groups in total. The van der Waals surface area contributed by atoms with Gasteiger partial charge in [-0.15, -0.1) is 0 Å². The third kappa shape index (κ3) is 3.43. The summed E-state index contributed by atoms with van der Waals surface area (Å²) in [7, 11) is 0. The van der Waals surface area contributed by atoms with Gasteiger partial charge in [0, 0.05) is 17.3 Å².